The second-order valence-corrected chi connectivity index (χ2v) is 5.12. The zero-order chi connectivity index (χ0) is 11.8. The van der Waals surface area contributed by atoms with E-state index < -0.39 is 5.60 Å². The molecule has 0 aliphatic carbocycles. The molecule has 1 saturated heterocycles. The molecule has 1 unspecified atom stereocenters. The average molecular weight is 219 g/mol. The van der Waals surface area contributed by atoms with Crippen molar-refractivity contribution in [1.29, 1.82) is 0 Å². The van der Waals surface area contributed by atoms with Crippen LogP contribution in [-0.4, -0.2) is 30.1 Å². The highest BCUT2D eigenvalue weighted by molar-refractivity contribution is 5.37. The van der Waals surface area contributed by atoms with E-state index >= 15 is 0 Å². The molecule has 0 aromatic heterocycles. The quantitative estimate of drug-likeness (QED) is 0.783. The van der Waals surface area contributed by atoms with Crippen LogP contribution < -0.4 is 0 Å². The molecule has 0 bridgehead atoms. The van der Waals surface area contributed by atoms with Crippen molar-refractivity contribution >= 4 is 0 Å². The molecule has 1 atom stereocenters. The highest BCUT2D eigenvalue weighted by Crippen LogP contribution is 2.33. The van der Waals surface area contributed by atoms with E-state index in [0.29, 0.717) is 0 Å². The van der Waals surface area contributed by atoms with Crippen LogP contribution in [0.4, 0.5) is 0 Å². The van der Waals surface area contributed by atoms with Gasteiger partial charge in [0.05, 0.1) is 0 Å². The highest BCUT2D eigenvalue weighted by atomic mass is 16.3. The predicted molar refractivity (Wildman–Crippen MR) is 66.5 cm³/mol. The summed E-state index contributed by atoms with van der Waals surface area (Å²) in [4.78, 5) is 2.21. The summed E-state index contributed by atoms with van der Waals surface area (Å²) < 4.78 is 0. The summed E-state index contributed by atoms with van der Waals surface area (Å²) in [7, 11) is 2.08. The molecule has 0 saturated carbocycles. The zero-order valence-corrected chi connectivity index (χ0v) is 10.5. The molecule has 0 amide bonds. The Balaban J connectivity index is 2.38. The lowest BCUT2D eigenvalue weighted by Gasteiger charge is -2.38. The highest BCUT2D eigenvalue weighted by Gasteiger charge is 2.34. The van der Waals surface area contributed by atoms with Crippen LogP contribution in [0.2, 0.25) is 0 Å². The van der Waals surface area contributed by atoms with Crippen molar-refractivity contribution in [3.8, 4) is 0 Å². The normalized spacial score (nSPS) is 27.0. The summed E-state index contributed by atoms with van der Waals surface area (Å²) in [5.41, 5.74) is 2.96. The SMILES string of the molecule is Cc1cccc(C2(O)CCCN(C)C2)c1C. The maximum Gasteiger partial charge on any atom is 0.103 e. The van der Waals surface area contributed by atoms with Gasteiger partial charge in [-0.3, -0.25) is 0 Å². The van der Waals surface area contributed by atoms with Gasteiger partial charge in [0.1, 0.15) is 5.60 Å². The minimum absolute atomic E-state index is 0.650. The minimum Gasteiger partial charge on any atom is -0.384 e. The van der Waals surface area contributed by atoms with E-state index in [0.717, 1.165) is 31.5 Å². The molecular weight excluding hydrogens is 198 g/mol. The zero-order valence-electron chi connectivity index (χ0n) is 10.5. The fourth-order valence-electron chi connectivity index (χ4n) is 2.72. The predicted octanol–water partition coefficient (Wildman–Crippen LogP) is 2.22. The maximum atomic E-state index is 10.8. The van der Waals surface area contributed by atoms with Crippen molar-refractivity contribution < 1.29 is 5.11 Å². The summed E-state index contributed by atoms with van der Waals surface area (Å²) in [6.07, 6.45) is 1.95. The summed E-state index contributed by atoms with van der Waals surface area (Å²) in [6.45, 7) is 6.05. The molecule has 1 fully saturated rings. The van der Waals surface area contributed by atoms with Crippen molar-refractivity contribution in [2.75, 3.05) is 20.1 Å². The summed E-state index contributed by atoms with van der Waals surface area (Å²) in [5, 5.41) is 10.8. The third kappa shape index (κ3) is 2.00. The van der Waals surface area contributed by atoms with Gasteiger partial charge >= 0.3 is 0 Å². The van der Waals surface area contributed by atoms with Crippen LogP contribution in [-0.2, 0) is 5.60 Å². The lowest BCUT2D eigenvalue weighted by atomic mass is 9.82. The topological polar surface area (TPSA) is 23.5 Å². The summed E-state index contributed by atoms with van der Waals surface area (Å²) in [5.74, 6) is 0. The molecule has 1 aromatic carbocycles. The number of nitrogens with zero attached hydrogens (tertiary/aromatic N) is 1. The van der Waals surface area contributed by atoms with Gasteiger partial charge in [0.15, 0.2) is 0 Å². The minimum atomic E-state index is -0.650. The average Bonchev–Trinajstić information content (AvgIpc) is 2.21. The van der Waals surface area contributed by atoms with Gasteiger partial charge in [-0.25, -0.2) is 0 Å². The molecule has 1 N–H and O–H groups in total. The Morgan fingerprint density at radius 2 is 2.06 bits per heavy atom. The second-order valence-electron chi connectivity index (χ2n) is 5.12. The van der Waals surface area contributed by atoms with Crippen LogP contribution in [0.25, 0.3) is 0 Å². The number of aliphatic hydroxyl groups is 1. The van der Waals surface area contributed by atoms with Gasteiger partial charge < -0.3 is 10.0 Å². The lowest BCUT2D eigenvalue weighted by molar-refractivity contribution is -0.0282. The Bertz CT molecular complexity index is 388. The number of benzene rings is 1. The van der Waals surface area contributed by atoms with Gasteiger partial charge in [-0.1, -0.05) is 18.2 Å². The first-order chi connectivity index (χ1) is 7.53. The van der Waals surface area contributed by atoms with Crippen molar-refractivity contribution in [2.24, 2.45) is 0 Å². The van der Waals surface area contributed by atoms with Crippen LogP contribution in [0.1, 0.15) is 29.5 Å². The van der Waals surface area contributed by atoms with Crippen molar-refractivity contribution in [1.82, 2.24) is 4.90 Å². The molecule has 1 heterocycles. The first kappa shape index (κ1) is 11.6. The molecule has 16 heavy (non-hydrogen) atoms. The van der Waals surface area contributed by atoms with Gasteiger partial charge in [0.2, 0.25) is 0 Å². The van der Waals surface area contributed by atoms with E-state index in [2.05, 4.69) is 37.9 Å². The van der Waals surface area contributed by atoms with E-state index in [1.165, 1.54) is 11.1 Å². The molecule has 1 aromatic rings. The van der Waals surface area contributed by atoms with Gasteiger partial charge in [0, 0.05) is 6.54 Å². The first-order valence-corrected chi connectivity index (χ1v) is 6.00. The van der Waals surface area contributed by atoms with Crippen molar-refractivity contribution in [3.05, 3.63) is 34.9 Å². The second kappa shape index (κ2) is 4.19. The Labute approximate surface area is 97.9 Å². The fraction of sp³-hybridized carbons (Fsp3) is 0.571. The van der Waals surface area contributed by atoms with Crippen LogP contribution >= 0.6 is 0 Å². The first-order valence-electron chi connectivity index (χ1n) is 6.00. The van der Waals surface area contributed by atoms with E-state index in [-0.39, 0.29) is 0 Å². The van der Waals surface area contributed by atoms with Crippen LogP contribution in [0.3, 0.4) is 0 Å². The molecule has 0 radical (unpaired) electrons. The summed E-state index contributed by atoms with van der Waals surface area (Å²) >= 11 is 0. The fourth-order valence-corrected chi connectivity index (χ4v) is 2.72. The standard InChI is InChI=1S/C14H21NO/c1-11-6-4-7-13(12(11)2)14(16)8-5-9-15(3)10-14/h4,6-7,16H,5,8-10H2,1-3H3. The monoisotopic (exact) mass is 219 g/mol. The number of β-amino-alcohol motifs (C(OH)–C–C–N with tert-alkyl or cyclic N) is 1. The van der Waals surface area contributed by atoms with Crippen LogP contribution in [0.5, 0.6) is 0 Å². The van der Waals surface area contributed by atoms with Crippen LogP contribution in [0, 0.1) is 13.8 Å². The van der Waals surface area contributed by atoms with Gasteiger partial charge in [-0.2, -0.15) is 0 Å². The Hall–Kier alpha value is -0.860. The smallest absolute Gasteiger partial charge is 0.103 e. The number of rotatable bonds is 1. The lowest BCUT2D eigenvalue weighted by Crippen LogP contribution is -2.44. The third-order valence-corrected chi connectivity index (χ3v) is 3.77. The molecule has 2 heteroatoms. The molecule has 1 aliphatic rings. The number of hydrogen-bond acceptors (Lipinski definition) is 2. The molecule has 2 rings (SSSR count). The Kier molecular flexibility index (Phi) is 3.04. The van der Waals surface area contributed by atoms with E-state index in [9.17, 15) is 5.11 Å². The number of likely N-dealkylation sites (N-methyl/N-ethyl adjacent to an activating group) is 1. The Morgan fingerprint density at radius 3 is 2.75 bits per heavy atom. The van der Waals surface area contributed by atoms with E-state index in [1.807, 2.05) is 6.07 Å². The van der Waals surface area contributed by atoms with E-state index in [1.54, 1.807) is 0 Å². The molecular formula is C14H21NO. The van der Waals surface area contributed by atoms with E-state index in [4.69, 9.17) is 0 Å². The van der Waals surface area contributed by atoms with Crippen molar-refractivity contribution in [3.63, 3.8) is 0 Å². The molecule has 88 valence electrons. The molecule has 0 spiro atoms. The number of piperidine rings is 1. The molecule has 2 nitrogen and oxygen atoms in total. The van der Waals surface area contributed by atoms with Gasteiger partial charge in [-0.15, -0.1) is 0 Å². The Morgan fingerprint density at radius 1 is 1.31 bits per heavy atom. The van der Waals surface area contributed by atoms with Gasteiger partial charge in [-0.05, 0) is 57.0 Å². The molecule has 1 aliphatic heterocycles. The van der Waals surface area contributed by atoms with Crippen molar-refractivity contribution in [2.45, 2.75) is 32.3 Å². The van der Waals surface area contributed by atoms with Gasteiger partial charge in [0.25, 0.3) is 0 Å². The number of aryl methyl sites for hydroxylation is 1. The number of hydrogen-bond donors (Lipinski definition) is 1. The maximum absolute atomic E-state index is 10.8. The largest absolute Gasteiger partial charge is 0.384 e. The third-order valence-electron chi connectivity index (χ3n) is 3.77. The summed E-state index contributed by atoms with van der Waals surface area (Å²) in [6, 6.07) is 6.22. The van der Waals surface area contributed by atoms with Crippen LogP contribution in [0.15, 0.2) is 18.2 Å². The number of likely N-dealkylation sites (tertiary alicyclic amines) is 1.